The molecule has 0 heterocycles. The van der Waals surface area contributed by atoms with Crippen molar-refractivity contribution in [1.82, 2.24) is 5.32 Å². The second kappa shape index (κ2) is 9.16. The van der Waals surface area contributed by atoms with E-state index in [2.05, 4.69) is 31.6 Å². The summed E-state index contributed by atoms with van der Waals surface area (Å²) in [7, 11) is 0. The summed E-state index contributed by atoms with van der Waals surface area (Å²) in [5.41, 5.74) is 1.86. The van der Waals surface area contributed by atoms with Crippen molar-refractivity contribution in [2.24, 2.45) is 0 Å². The lowest BCUT2D eigenvalue weighted by molar-refractivity contribution is 1.13. The molecule has 21 heavy (non-hydrogen) atoms. The van der Waals surface area contributed by atoms with E-state index < -0.39 is 0 Å². The average molecular weight is 275 g/mol. The van der Waals surface area contributed by atoms with Crippen LogP contribution in [0.15, 0.2) is 98.3 Å². The number of allylic oxidation sites excluding steroid dienone is 7. The molecule has 0 aromatic heterocycles. The molecule has 0 unspecified atom stereocenters. The molecule has 0 spiro atoms. The van der Waals surface area contributed by atoms with Crippen molar-refractivity contribution < 1.29 is 0 Å². The Balaban J connectivity index is 3.37. The highest BCUT2D eigenvalue weighted by Gasteiger charge is 1.97. The van der Waals surface area contributed by atoms with Crippen molar-refractivity contribution in [2.45, 2.75) is 0 Å². The Kier molecular flexibility index (Phi) is 7.09. The van der Waals surface area contributed by atoms with Crippen LogP contribution in [0.4, 0.5) is 0 Å². The van der Waals surface area contributed by atoms with Crippen LogP contribution in [0.5, 0.6) is 0 Å². The summed E-state index contributed by atoms with van der Waals surface area (Å²) >= 11 is 0. The fourth-order valence-electron chi connectivity index (χ4n) is 1.74. The molecule has 106 valence electrons. The lowest BCUT2D eigenvalue weighted by Gasteiger charge is -2.08. The van der Waals surface area contributed by atoms with Crippen LogP contribution < -0.4 is 15.8 Å². The van der Waals surface area contributed by atoms with Crippen molar-refractivity contribution in [3.8, 4) is 0 Å². The van der Waals surface area contributed by atoms with Gasteiger partial charge in [0, 0.05) is 16.6 Å². The molecule has 0 atom stereocenters. The highest BCUT2D eigenvalue weighted by Crippen LogP contribution is 2.00. The fraction of sp³-hybridized carbons (Fsp3) is 0. The first-order valence-electron chi connectivity index (χ1n) is 6.69. The number of hydrogen-bond acceptors (Lipinski definition) is 1. The second-order valence-corrected chi connectivity index (χ2v) is 4.24. The quantitative estimate of drug-likeness (QED) is 0.753. The molecular weight excluding hydrogens is 254 g/mol. The SMILES string of the molecule is C=C/C=C\C(=C/C=C)NC(/C=C\C=C)=c1\ccccc1=C. The molecule has 0 radical (unpaired) electrons. The van der Waals surface area contributed by atoms with Gasteiger partial charge in [0.1, 0.15) is 0 Å². The van der Waals surface area contributed by atoms with E-state index in [1.807, 2.05) is 54.6 Å². The number of hydrogen-bond donors (Lipinski definition) is 1. The molecule has 0 aliphatic heterocycles. The van der Waals surface area contributed by atoms with Gasteiger partial charge in [-0.15, -0.1) is 0 Å². The topological polar surface area (TPSA) is 12.0 Å². The molecular formula is C20H21N. The van der Waals surface area contributed by atoms with E-state index in [0.717, 1.165) is 21.8 Å². The van der Waals surface area contributed by atoms with Crippen molar-refractivity contribution >= 4 is 12.3 Å². The van der Waals surface area contributed by atoms with Crippen molar-refractivity contribution in [1.29, 1.82) is 0 Å². The largest absolute Gasteiger partial charge is 0.355 e. The Bertz CT molecular complexity index is 700. The maximum atomic E-state index is 4.07. The van der Waals surface area contributed by atoms with Gasteiger partial charge in [0.2, 0.25) is 0 Å². The zero-order valence-electron chi connectivity index (χ0n) is 12.3. The molecule has 0 aliphatic rings. The smallest absolute Gasteiger partial charge is 0.0463 e. The van der Waals surface area contributed by atoms with Gasteiger partial charge in [-0.05, 0) is 23.4 Å². The molecule has 0 saturated carbocycles. The first-order chi connectivity index (χ1) is 10.2. The van der Waals surface area contributed by atoms with Crippen LogP contribution >= 0.6 is 0 Å². The van der Waals surface area contributed by atoms with E-state index in [1.54, 1.807) is 18.2 Å². The van der Waals surface area contributed by atoms with E-state index in [4.69, 9.17) is 0 Å². The second-order valence-electron chi connectivity index (χ2n) is 4.24. The summed E-state index contributed by atoms with van der Waals surface area (Å²) in [5, 5.41) is 5.38. The fourth-order valence-corrected chi connectivity index (χ4v) is 1.74. The molecule has 1 aromatic rings. The van der Waals surface area contributed by atoms with Gasteiger partial charge in [0.05, 0.1) is 0 Å². The highest BCUT2D eigenvalue weighted by molar-refractivity contribution is 5.58. The number of rotatable bonds is 7. The third kappa shape index (κ3) is 5.37. The standard InChI is InChI=1S/C20H21N/c1-5-8-14-18(12-7-3)21-20(16-9-6-2)19-15-11-10-13-17(19)4/h5-16,21H,1-4H2/b14-8-,16-9-,18-12+,20-19+. The van der Waals surface area contributed by atoms with Gasteiger partial charge >= 0.3 is 0 Å². The molecule has 0 fully saturated rings. The predicted octanol–water partition coefficient (Wildman–Crippen LogP) is 3.35. The summed E-state index contributed by atoms with van der Waals surface area (Å²) in [6.45, 7) is 15.2. The van der Waals surface area contributed by atoms with Gasteiger partial charge in [-0.1, -0.05) is 81.0 Å². The van der Waals surface area contributed by atoms with E-state index >= 15 is 0 Å². The summed E-state index contributed by atoms with van der Waals surface area (Å²) in [5.74, 6) is 0. The van der Waals surface area contributed by atoms with Crippen molar-refractivity contribution in [3.63, 3.8) is 0 Å². The first kappa shape index (κ1) is 16.3. The van der Waals surface area contributed by atoms with Gasteiger partial charge in [-0.3, -0.25) is 0 Å². The minimum atomic E-state index is 0.914. The molecule has 1 N–H and O–H groups in total. The van der Waals surface area contributed by atoms with Crippen LogP contribution in [0.2, 0.25) is 0 Å². The van der Waals surface area contributed by atoms with Crippen LogP contribution in [-0.2, 0) is 0 Å². The Morgan fingerprint density at radius 3 is 2.19 bits per heavy atom. The molecule has 1 heteroatoms. The molecule has 1 aromatic carbocycles. The van der Waals surface area contributed by atoms with E-state index in [0.29, 0.717) is 0 Å². The van der Waals surface area contributed by atoms with E-state index in [-0.39, 0.29) is 0 Å². The zero-order valence-corrected chi connectivity index (χ0v) is 12.3. The first-order valence-corrected chi connectivity index (χ1v) is 6.69. The van der Waals surface area contributed by atoms with Crippen molar-refractivity contribution in [2.75, 3.05) is 0 Å². The van der Waals surface area contributed by atoms with Gasteiger partial charge in [0.15, 0.2) is 0 Å². The third-order valence-corrected chi connectivity index (χ3v) is 2.69. The van der Waals surface area contributed by atoms with Gasteiger partial charge < -0.3 is 5.32 Å². The van der Waals surface area contributed by atoms with Crippen LogP contribution in [0.1, 0.15) is 0 Å². The minimum absolute atomic E-state index is 0.914. The highest BCUT2D eigenvalue weighted by atomic mass is 14.9. The molecule has 1 rings (SSSR count). The average Bonchev–Trinajstić information content (AvgIpc) is 2.49. The summed E-state index contributed by atoms with van der Waals surface area (Å²) < 4.78 is 0. The Morgan fingerprint density at radius 1 is 0.905 bits per heavy atom. The lowest BCUT2D eigenvalue weighted by atomic mass is 10.2. The van der Waals surface area contributed by atoms with E-state index in [1.165, 1.54) is 0 Å². The van der Waals surface area contributed by atoms with Gasteiger partial charge in [-0.25, -0.2) is 0 Å². The molecule has 0 amide bonds. The molecule has 1 nitrogen and oxygen atoms in total. The number of nitrogens with one attached hydrogen (secondary N) is 1. The normalized spacial score (nSPS) is 13.2. The lowest BCUT2D eigenvalue weighted by Crippen LogP contribution is -2.29. The monoisotopic (exact) mass is 275 g/mol. The number of benzene rings is 1. The Morgan fingerprint density at radius 2 is 1.57 bits per heavy atom. The Hall–Kier alpha value is -2.80. The maximum absolute atomic E-state index is 4.07. The zero-order chi connectivity index (χ0) is 15.5. The van der Waals surface area contributed by atoms with Crippen LogP contribution in [0.25, 0.3) is 12.3 Å². The van der Waals surface area contributed by atoms with Gasteiger partial charge in [0.25, 0.3) is 0 Å². The summed E-state index contributed by atoms with van der Waals surface area (Å²) in [6, 6.07) is 7.97. The minimum Gasteiger partial charge on any atom is -0.355 e. The maximum Gasteiger partial charge on any atom is 0.0463 e. The summed E-state index contributed by atoms with van der Waals surface area (Å²) in [4.78, 5) is 0. The van der Waals surface area contributed by atoms with Crippen LogP contribution in [0, 0.1) is 0 Å². The predicted molar refractivity (Wildman–Crippen MR) is 94.7 cm³/mol. The molecule has 0 saturated heterocycles. The third-order valence-electron chi connectivity index (χ3n) is 2.69. The molecule has 0 bridgehead atoms. The van der Waals surface area contributed by atoms with Crippen LogP contribution in [0.3, 0.4) is 0 Å². The van der Waals surface area contributed by atoms with E-state index in [9.17, 15) is 0 Å². The Labute approximate surface area is 127 Å². The van der Waals surface area contributed by atoms with Crippen LogP contribution in [-0.4, -0.2) is 0 Å². The van der Waals surface area contributed by atoms with Gasteiger partial charge in [-0.2, -0.15) is 0 Å². The summed E-state index contributed by atoms with van der Waals surface area (Å²) in [6.07, 6.45) is 14.8. The van der Waals surface area contributed by atoms with Crippen molar-refractivity contribution in [3.05, 3.63) is 109 Å². The molecule has 0 aliphatic carbocycles.